The fourth-order valence-corrected chi connectivity index (χ4v) is 6.49. The molecule has 3 rings (SSSR count). The standard InChI is InChI=1S/C16H24N2O3S2/c1-11(14-9-12-5-6-13(14)8-12)17-15(19)10-18(2)23(20,21)16-4-3-7-22-16/h3-4,7,11-14H,5-6,8-10H2,1-2H3,(H,17,19). The van der Waals surface area contributed by atoms with Crippen LogP contribution in [0.15, 0.2) is 21.7 Å². The van der Waals surface area contributed by atoms with E-state index in [-0.39, 0.29) is 22.7 Å². The van der Waals surface area contributed by atoms with Gasteiger partial charge in [0.15, 0.2) is 0 Å². The van der Waals surface area contributed by atoms with Gasteiger partial charge in [0.05, 0.1) is 6.54 Å². The second kappa shape index (κ2) is 6.53. The number of hydrogen-bond donors (Lipinski definition) is 1. The molecule has 2 aliphatic rings. The van der Waals surface area contributed by atoms with Crippen molar-refractivity contribution in [1.82, 2.24) is 9.62 Å². The van der Waals surface area contributed by atoms with Gasteiger partial charge in [0.2, 0.25) is 5.91 Å². The normalized spacial score (nSPS) is 28.2. The number of fused-ring (bicyclic) bond motifs is 2. The average molecular weight is 357 g/mol. The monoisotopic (exact) mass is 356 g/mol. The van der Waals surface area contributed by atoms with Crippen molar-refractivity contribution >= 4 is 27.3 Å². The molecular weight excluding hydrogens is 332 g/mol. The number of carbonyl (C=O) groups is 1. The number of amides is 1. The molecule has 2 fully saturated rings. The van der Waals surface area contributed by atoms with E-state index in [4.69, 9.17) is 0 Å². The number of thiophene rings is 1. The number of carbonyl (C=O) groups excluding carboxylic acids is 1. The summed E-state index contributed by atoms with van der Waals surface area (Å²) in [6, 6.07) is 3.38. The van der Waals surface area contributed by atoms with Crippen LogP contribution in [0.2, 0.25) is 0 Å². The molecule has 23 heavy (non-hydrogen) atoms. The lowest BCUT2D eigenvalue weighted by atomic mass is 9.84. The highest BCUT2D eigenvalue weighted by Crippen LogP contribution is 2.49. The summed E-state index contributed by atoms with van der Waals surface area (Å²) < 4.78 is 26.1. The average Bonchev–Trinajstić information content (AvgIpc) is 3.23. The van der Waals surface area contributed by atoms with Gasteiger partial charge in [0.1, 0.15) is 4.21 Å². The zero-order chi connectivity index (χ0) is 16.6. The van der Waals surface area contributed by atoms with E-state index in [1.54, 1.807) is 17.5 Å². The van der Waals surface area contributed by atoms with E-state index >= 15 is 0 Å². The number of hydrogen-bond acceptors (Lipinski definition) is 4. The third-order valence-electron chi connectivity index (χ3n) is 5.35. The summed E-state index contributed by atoms with van der Waals surface area (Å²) in [5.74, 6) is 1.91. The third-order valence-corrected chi connectivity index (χ3v) is 8.53. The first-order chi connectivity index (χ1) is 10.9. The lowest BCUT2D eigenvalue weighted by Gasteiger charge is -2.29. The van der Waals surface area contributed by atoms with Crippen molar-refractivity contribution in [2.24, 2.45) is 17.8 Å². The van der Waals surface area contributed by atoms with Crippen molar-refractivity contribution in [1.29, 1.82) is 0 Å². The molecule has 2 bridgehead atoms. The van der Waals surface area contributed by atoms with Gasteiger partial charge >= 0.3 is 0 Å². The maximum Gasteiger partial charge on any atom is 0.252 e. The van der Waals surface area contributed by atoms with Crippen molar-refractivity contribution in [3.05, 3.63) is 17.5 Å². The minimum absolute atomic E-state index is 0.121. The van der Waals surface area contributed by atoms with Crippen molar-refractivity contribution in [2.75, 3.05) is 13.6 Å². The van der Waals surface area contributed by atoms with E-state index in [9.17, 15) is 13.2 Å². The Morgan fingerprint density at radius 2 is 2.22 bits per heavy atom. The Bertz CT molecular complexity index is 657. The molecule has 0 spiro atoms. The fraction of sp³-hybridized carbons (Fsp3) is 0.688. The summed E-state index contributed by atoms with van der Waals surface area (Å²) in [6.07, 6.45) is 5.12. The zero-order valence-corrected chi connectivity index (χ0v) is 15.2. The molecule has 1 aromatic rings. The van der Waals surface area contributed by atoms with Crippen molar-refractivity contribution in [3.63, 3.8) is 0 Å². The lowest BCUT2D eigenvalue weighted by Crippen LogP contribution is -2.45. The quantitative estimate of drug-likeness (QED) is 0.850. The minimum Gasteiger partial charge on any atom is -0.352 e. The highest BCUT2D eigenvalue weighted by molar-refractivity contribution is 7.91. The number of likely N-dealkylation sites (N-methyl/N-ethyl adjacent to an activating group) is 1. The van der Waals surface area contributed by atoms with Gasteiger partial charge in [-0.25, -0.2) is 8.42 Å². The summed E-state index contributed by atoms with van der Waals surface area (Å²) in [6.45, 7) is 1.92. The highest BCUT2D eigenvalue weighted by Gasteiger charge is 2.42. The van der Waals surface area contributed by atoms with Crippen LogP contribution >= 0.6 is 11.3 Å². The Morgan fingerprint density at radius 1 is 1.43 bits per heavy atom. The molecule has 1 N–H and O–H groups in total. The SMILES string of the molecule is CC(NC(=O)CN(C)S(=O)(=O)c1cccs1)C1CC2CCC1C2. The zero-order valence-electron chi connectivity index (χ0n) is 13.6. The van der Waals surface area contributed by atoms with E-state index in [2.05, 4.69) is 12.2 Å². The first-order valence-corrected chi connectivity index (χ1v) is 10.5. The van der Waals surface area contributed by atoms with Gasteiger partial charge < -0.3 is 5.32 Å². The number of sulfonamides is 1. The molecule has 5 nitrogen and oxygen atoms in total. The molecular formula is C16H24N2O3S2. The van der Waals surface area contributed by atoms with Crippen LogP contribution in [0.5, 0.6) is 0 Å². The summed E-state index contributed by atoms with van der Waals surface area (Å²) in [4.78, 5) is 12.2. The van der Waals surface area contributed by atoms with Gasteiger partial charge in [-0.1, -0.05) is 12.5 Å². The van der Waals surface area contributed by atoms with Gasteiger partial charge in [-0.15, -0.1) is 11.3 Å². The molecule has 0 aromatic carbocycles. The predicted molar refractivity (Wildman–Crippen MR) is 90.7 cm³/mol. The van der Waals surface area contributed by atoms with Crippen LogP contribution in [0.1, 0.15) is 32.6 Å². The van der Waals surface area contributed by atoms with E-state index in [0.717, 1.165) is 16.1 Å². The van der Waals surface area contributed by atoms with E-state index in [0.29, 0.717) is 5.92 Å². The second-order valence-corrected chi connectivity index (χ2v) is 10.1. The van der Waals surface area contributed by atoms with E-state index in [1.807, 2.05) is 0 Å². The summed E-state index contributed by atoms with van der Waals surface area (Å²) >= 11 is 1.17. The Kier molecular flexibility index (Phi) is 4.80. The van der Waals surface area contributed by atoms with Crippen molar-refractivity contribution < 1.29 is 13.2 Å². The Hall–Kier alpha value is -0.920. The predicted octanol–water partition coefficient (Wildman–Crippen LogP) is 2.31. The van der Waals surface area contributed by atoms with Crippen LogP contribution < -0.4 is 5.32 Å². The molecule has 1 heterocycles. The largest absolute Gasteiger partial charge is 0.352 e. The molecule has 4 unspecified atom stereocenters. The fourth-order valence-electron chi connectivity index (χ4n) is 4.16. The van der Waals surface area contributed by atoms with Crippen LogP contribution in [0.25, 0.3) is 0 Å². The minimum atomic E-state index is -3.56. The Morgan fingerprint density at radius 3 is 2.78 bits per heavy atom. The van der Waals surface area contributed by atoms with Gasteiger partial charge in [0.25, 0.3) is 10.0 Å². The van der Waals surface area contributed by atoms with Crippen molar-refractivity contribution in [3.8, 4) is 0 Å². The second-order valence-electron chi connectivity index (χ2n) is 6.89. The summed E-state index contributed by atoms with van der Waals surface area (Å²) in [5.41, 5.74) is 0. The topological polar surface area (TPSA) is 66.5 Å². The first-order valence-electron chi connectivity index (χ1n) is 8.17. The molecule has 0 aliphatic heterocycles. The molecule has 128 valence electrons. The molecule has 7 heteroatoms. The van der Waals surface area contributed by atoms with Crippen LogP contribution in [0.3, 0.4) is 0 Å². The summed E-state index contributed by atoms with van der Waals surface area (Å²) in [7, 11) is -2.11. The Labute approximate surface area is 142 Å². The van der Waals surface area contributed by atoms with Gasteiger partial charge in [-0.05, 0) is 55.4 Å². The number of nitrogens with zero attached hydrogens (tertiary/aromatic N) is 1. The van der Waals surface area contributed by atoms with Gasteiger partial charge in [-0.3, -0.25) is 4.79 Å². The molecule has 2 saturated carbocycles. The van der Waals surface area contributed by atoms with Crippen LogP contribution in [-0.2, 0) is 14.8 Å². The van der Waals surface area contributed by atoms with Crippen LogP contribution in [0, 0.1) is 17.8 Å². The maximum atomic E-state index is 12.3. The molecule has 1 amide bonds. The Balaban J connectivity index is 1.55. The highest BCUT2D eigenvalue weighted by atomic mass is 32.2. The molecule has 1 aromatic heterocycles. The molecule has 4 atom stereocenters. The third kappa shape index (κ3) is 3.46. The maximum absolute atomic E-state index is 12.3. The smallest absolute Gasteiger partial charge is 0.252 e. The van der Waals surface area contributed by atoms with Gasteiger partial charge in [-0.2, -0.15) is 4.31 Å². The lowest BCUT2D eigenvalue weighted by molar-refractivity contribution is -0.122. The van der Waals surface area contributed by atoms with Crippen molar-refractivity contribution in [2.45, 2.75) is 42.9 Å². The first kappa shape index (κ1) is 16.9. The van der Waals surface area contributed by atoms with Crippen LogP contribution in [0.4, 0.5) is 0 Å². The van der Waals surface area contributed by atoms with Gasteiger partial charge in [0, 0.05) is 13.1 Å². The van der Waals surface area contributed by atoms with Crippen LogP contribution in [-0.4, -0.2) is 38.3 Å². The molecule has 2 aliphatic carbocycles. The summed E-state index contributed by atoms with van der Waals surface area (Å²) in [5, 5.41) is 4.73. The molecule has 0 radical (unpaired) electrons. The molecule has 0 saturated heterocycles. The van der Waals surface area contributed by atoms with E-state index in [1.165, 1.54) is 44.1 Å². The van der Waals surface area contributed by atoms with E-state index < -0.39 is 10.0 Å². The number of rotatable bonds is 6. The number of nitrogens with one attached hydrogen (secondary N) is 1.